The summed E-state index contributed by atoms with van der Waals surface area (Å²) < 4.78 is 10.9. The van der Waals surface area contributed by atoms with Crippen LogP contribution in [0.1, 0.15) is 67.9 Å². The molecule has 0 bridgehead atoms. The monoisotopic (exact) mass is 397 g/mol. The van der Waals surface area contributed by atoms with Crippen LogP contribution in [0.5, 0.6) is 5.75 Å². The molecule has 0 radical (unpaired) electrons. The van der Waals surface area contributed by atoms with Gasteiger partial charge in [-0.1, -0.05) is 19.9 Å². The molecule has 0 aliphatic carbocycles. The highest BCUT2D eigenvalue weighted by Crippen LogP contribution is 2.23. The minimum atomic E-state index is -0.369. The molecule has 2 aromatic carbocycles. The Kier molecular flexibility index (Phi) is 8.25. The van der Waals surface area contributed by atoms with Gasteiger partial charge in [-0.05, 0) is 80.6 Å². The molecule has 0 saturated carbocycles. The zero-order valence-electron chi connectivity index (χ0n) is 18.0. The molecule has 0 aliphatic heterocycles. The first-order valence-corrected chi connectivity index (χ1v) is 10.1. The number of amides is 1. The Morgan fingerprint density at radius 2 is 1.69 bits per heavy atom. The predicted octanol–water partition coefficient (Wildman–Crippen LogP) is 5.48. The van der Waals surface area contributed by atoms with Crippen LogP contribution in [0, 0.1) is 6.92 Å². The van der Waals surface area contributed by atoms with Gasteiger partial charge < -0.3 is 14.8 Å². The predicted molar refractivity (Wildman–Crippen MR) is 116 cm³/mol. The van der Waals surface area contributed by atoms with Crippen LogP contribution in [0.3, 0.4) is 0 Å². The van der Waals surface area contributed by atoms with E-state index < -0.39 is 0 Å². The summed E-state index contributed by atoms with van der Waals surface area (Å²) in [6.45, 7) is 10.5. The van der Waals surface area contributed by atoms with E-state index in [4.69, 9.17) is 9.47 Å². The molecule has 0 spiro atoms. The third-order valence-corrected chi connectivity index (χ3v) is 4.43. The molecule has 0 atom stereocenters. The highest BCUT2D eigenvalue weighted by molar-refractivity contribution is 5.93. The van der Waals surface area contributed by atoms with Gasteiger partial charge in [0.15, 0.2) is 0 Å². The van der Waals surface area contributed by atoms with Crippen molar-refractivity contribution < 1.29 is 19.1 Å². The molecular formula is C24H31NO4. The molecule has 0 heterocycles. The number of carbonyl (C=O) groups is 2. The standard InChI is InChI=1S/C24H31NO4/c1-16(2)22-13-12-21(15-18(22)5)28-14-6-7-23(26)25-20-10-8-19(9-11-20)24(27)29-17(3)4/h8-13,15-17H,6-7,14H2,1-5H3,(H,25,26). The Balaban J connectivity index is 1.74. The van der Waals surface area contributed by atoms with Gasteiger partial charge in [-0.3, -0.25) is 4.79 Å². The summed E-state index contributed by atoms with van der Waals surface area (Å²) in [7, 11) is 0. The number of ether oxygens (including phenoxy) is 2. The second-order valence-corrected chi connectivity index (χ2v) is 7.70. The third-order valence-electron chi connectivity index (χ3n) is 4.43. The molecule has 29 heavy (non-hydrogen) atoms. The molecule has 5 nitrogen and oxygen atoms in total. The van der Waals surface area contributed by atoms with Crippen molar-refractivity contribution in [2.75, 3.05) is 11.9 Å². The van der Waals surface area contributed by atoms with E-state index in [1.54, 1.807) is 38.1 Å². The van der Waals surface area contributed by atoms with Gasteiger partial charge in [0.1, 0.15) is 5.75 Å². The SMILES string of the molecule is Cc1cc(OCCCC(=O)Nc2ccc(C(=O)OC(C)C)cc2)ccc1C(C)C. The molecule has 2 aromatic rings. The van der Waals surface area contributed by atoms with Gasteiger partial charge >= 0.3 is 5.97 Å². The number of hydrogen-bond acceptors (Lipinski definition) is 4. The van der Waals surface area contributed by atoms with Gasteiger partial charge in [-0.25, -0.2) is 4.79 Å². The molecule has 1 N–H and O–H groups in total. The van der Waals surface area contributed by atoms with E-state index in [1.165, 1.54) is 11.1 Å². The lowest BCUT2D eigenvalue weighted by atomic mass is 9.98. The largest absolute Gasteiger partial charge is 0.494 e. The fraction of sp³-hybridized carbons (Fsp3) is 0.417. The van der Waals surface area contributed by atoms with E-state index in [0.29, 0.717) is 36.6 Å². The Hall–Kier alpha value is -2.82. The van der Waals surface area contributed by atoms with Crippen LogP contribution >= 0.6 is 0 Å². The molecule has 5 heteroatoms. The number of aryl methyl sites for hydroxylation is 1. The molecule has 1 amide bonds. The number of rotatable bonds is 9. The summed E-state index contributed by atoms with van der Waals surface area (Å²) in [4.78, 5) is 23.9. The van der Waals surface area contributed by atoms with E-state index in [9.17, 15) is 9.59 Å². The molecule has 2 rings (SSSR count). The average Bonchev–Trinajstić information content (AvgIpc) is 2.65. The van der Waals surface area contributed by atoms with E-state index in [2.05, 4.69) is 32.2 Å². The van der Waals surface area contributed by atoms with Crippen LogP contribution < -0.4 is 10.1 Å². The quantitative estimate of drug-likeness (QED) is 0.449. The Bertz CT molecular complexity index is 825. The van der Waals surface area contributed by atoms with E-state index in [0.717, 1.165) is 5.75 Å². The van der Waals surface area contributed by atoms with Crippen molar-refractivity contribution in [3.8, 4) is 5.75 Å². The molecule has 0 aromatic heterocycles. The second-order valence-electron chi connectivity index (χ2n) is 7.70. The van der Waals surface area contributed by atoms with Crippen molar-refractivity contribution in [3.63, 3.8) is 0 Å². The number of benzene rings is 2. The lowest BCUT2D eigenvalue weighted by Crippen LogP contribution is -2.14. The Labute approximate surface area is 173 Å². The molecule has 0 unspecified atom stereocenters. The number of hydrogen-bond donors (Lipinski definition) is 1. The van der Waals surface area contributed by atoms with Crippen LogP contribution in [0.25, 0.3) is 0 Å². The van der Waals surface area contributed by atoms with Crippen molar-refractivity contribution in [2.24, 2.45) is 0 Å². The van der Waals surface area contributed by atoms with Crippen LogP contribution in [-0.4, -0.2) is 24.6 Å². The van der Waals surface area contributed by atoms with Crippen molar-refractivity contribution in [1.29, 1.82) is 0 Å². The average molecular weight is 398 g/mol. The maximum Gasteiger partial charge on any atom is 0.338 e. The van der Waals surface area contributed by atoms with E-state index in [-0.39, 0.29) is 18.0 Å². The van der Waals surface area contributed by atoms with Crippen molar-refractivity contribution in [3.05, 3.63) is 59.2 Å². The summed E-state index contributed by atoms with van der Waals surface area (Å²) in [5, 5.41) is 2.83. The van der Waals surface area contributed by atoms with Gasteiger partial charge in [0, 0.05) is 12.1 Å². The van der Waals surface area contributed by atoms with Crippen molar-refractivity contribution in [1.82, 2.24) is 0 Å². The number of esters is 1. The highest BCUT2D eigenvalue weighted by atomic mass is 16.5. The van der Waals surface area contributed by atoms with Crippen LogP contribution in [-0.2, 0) is 9.53 Å². The molecule has 156 valence electrons. The van der Waals surface area contributed by atoms with Gasteiger partial charge in [-0.15, -0.1) is 0 Å². The smallest absolute Gasteiger partial charge is 0.338 e. The third kappa shape index (κ3) is 7.26. The molecule has 0 aliphatic rings. The zero-order chi connectivity index (χ0) is 21.4. The van der Waals surface area contributed by atoms with E-state index in [1.807, 2.05) is 12.1 Å². The molecule has 0 fully saturated rings. The fourth-order valence-corrected chi connectivity index (χ4v) is 3.00. The van der Waals surface area contributed by atoms with Crippen LogP contribution in [0.15, 0.2) is 42.5 Å². The Morgan fingerprint density at radius 1 is 1.00 bits per heavy atom. The lowest BCUT2D eigenvalue weighted by molar-refractivity contribution is -0.116. The highest BCUT2D eigenvalue weighted by Gasteiger charge is 2.10. The van der Waals surface area contributed by atoms with Crippen molar-refractivity contribution in [2.45, 2.75) is 59.5 Å². The summed E-state index contributed by atoms with van der Waals surface area (Å²) >= 11 is 0. The normalized spacial score (nSPS) is 10.9. The second kappa shape index (κ2) is 10.6. The van der Waals surface area contributed by atoms with Gasteiger partial charge in [0.25, 0.3) is 0 Å². The maximum absolute atomic E-state index is 12.1. The lowest BCUT2D eigenvalue weighted by Gasteiger charge is -2.12. The Morgan fingerprint density at radius 3 is 2.28 bits per heavy atom. The van der Waals surface area contributed by atoms with Crippen molar-refractivity contribution >= 4 is 17.6 Å². The topological polar surface area (TPSA) is 64.6 Å². The summed E-state index contributed by atoms with van der Waals surface area (Å²) in [6.07, 6.45) is 0.816. The first-order valence-electron chi connectivity index (χ1n) is 10.1. The molecule has 0 saturated heterocycles. The maximum atomic E-state index is 12.1. The summed E-state index contributed by atoms with van der Waals surface area (Å²) in [6, 6.07) is 12.8. The van der Waals surface area contributed by atoms with E-state index >= 15 is 0 Å². The zero-order valence-corrected chi connectivity index (χ0v) is 18.0. The van der Waals surface area contributed by atoms with Crippen LogP contribution in [0.4, 0.5) is 5.69 Å². The minimum absolute atomic E-state index is 0.0857. The first-order chi connectivity index (χ1) is 13.8. The van der Waals surface area contributed by atoms with Gasteiger partial charge in [0.2, 0.25) is 5.91 Å². The summed E-state index contributed by atoms with van der Waals surface area (Å²) in [5.74, 6) is 0.864. The van der Waals surface area contributed by atoms with Gasteiger partial charge in [-0.2, -0.15) is 0 Å². The fourth-order valence-electron chi connectivity index (χ4n) is 3.00. The van der Waals surface area contributed by atoms with Crippen LogP contribution in [0.2, 0.25) is 0 Å². The number of anilines is 1. The first kappa shape index (κ1) is 22.5. The molecular weight excluding hydrogens is 366 g/mol. The minimum Gasteiger partial charge on any atom is -0.494 e. The van der Waals surface area contributed by atoms with Gasteiger partial charge in [0.05, 0.1) is 18.3 Å². The number of carbonyl (C=O) groups excluding carboxylic acids is 2. The summed E-state index contributed by atoms with van der Waals surface area (Å²) in [5.41, 5.74) is 3.65. The number of nitrogens with one attached hydrogen (secondary N) is 1.